The summed E-state index contributed by atoms with van der Waals surface area (Å²) in [5, 5.41) is 16.1. The van der Waals surface area contributed by atoms with Gasteiger partial charge in [0.25, 0.3) is 0 Å². The Bertz CT molecular complexity index is 236. The molecule has 0 radical (unpaired) electrons. The van der Waals surface area contributed by atoms with E-state index in [1.54, 1.807) is 0 Å². The summed E-state index contributed by atoms with van der Waals surface area (Å²) in [6, 6.07) is 0. The summed E-state index contributed by atoms with van der Waals surface area (Å²) in [4.78, 5) is 20.7. The van der Waals surface area contributed by atoms with E-state index in [-0.39, 0.29) is 119 Å². The zero-order valence-corrected chi connectivity index (χ0v) is 17.1. The Morgan fingerprint density at radius 3 is 2.07 bits per heavy atom. The van der Waals surface area contributed by atoms with Gasteiger partial charge in [-0.25, -0.2) is 0 Å². The molecule has 0 saturated heterocycles. The molecule has 0 spiro atoms. The molecule has 4 nitrogen and oxygen atoms in total. The van der Waals surface area contributed by atoms with E-state index in [4.69, 9.17) is 10.2 Å². The second-order valence-electron chi connectivity index (χ2n) is 2.13. The molecule has 0 rings (SSSR count). The number of thiocarbonyl (C=S) groups is 1. The van der Waals surface area contributed by atoms with E-state index in [2.05, 4.69) is 24.8 Å². The molecule has 0 aliphatic rings. The average Bonchev–Trinajstić information content (AvgIpc) is 1.96. The van der Waals surface area contributed by atoms with E-state index in [0.29, 0.717) is 0 Å². The number of hydrogen-bond acceptors (Lipinski definition) is 5. The van der Waals surface area contributed by atoms with Gasteiger partial charge in [0.05, 0.1) is 0 Å². The van der Waals surface area contributed by atoms with Crippen LogP contribution < -0.4 is 103 Å². The van der Waals surface area contributed by atoms with Crippen LogP contribution >= 0.6 is 24.0 Å². The predicted octanol–water partition coefficient (Wildman–Crippen LogP) is -5.12. The number of carboxylic acids is 2. The number of aliphatic carboxylic acids is 2. The van der Waals surface area contributed by atoms with Gasteiger partial charge in [-0.1, -0.05) is 3.53 Å². The molecule has 0 heterocycles. The number of rotatable bonds is 5. The molecular weight excluding hydrogens is 310 g/mol. The fraction of sp³-hybridized carbons (Fsp3) is 0.500. The fourth-order valence-corrected chi connectivity index (χ4v) is 1.87. The second kappa shape index (κ2) is 13.3. The quantitative estimate of drug-likeness (QED) is 0.298. The van der Waals surface area contributed by atoms with Gasteiger partial charge in [0.2, 0.25) is 0 Å². The van der Waals surface area contributed by atoms with Crippen LogP contribution in [0, 0.1) is 0 Å². The van der Waals surface area contributed by atoms with E-state index in [9.17, 15) is 9.59 Å². The van der Waals surface area contributed by atoms with Crippen LogP contribution in [0.25, 0.3) is 0 Å². The van der Waals surface area contributed by atoms with Crippen molar-refractivity contribution < 1.29 is 123 Å². The van der Waals surface area contributed by atoms with Crippen molar-refractivity contribution in [2.45, 2.75) is 18.1 Å². The average molecular weight is 318 g/mol. The molecule has 0 aromatic heterocycles. The smallest absolute Gasteiger partial charge is 0.481 e. The summed E-state index contributed by atoms with van der Waals surface area (Å²) in [5.74, 6) is -2.11. The molecule has 2 N–H and O–H groups in total. The first-order valence-corrected chi connectivity index (χ1v) is 4.95. The number of thioether (sulfide) groups is 1. The van der Waals surface area contributed by atoms with Crippen molar-refractivity contribution in [1.82, 2.24) is 0 Å². The van der Waals surface area contributed by atoms with E-state index >= 15 is 0 Å². The number of carbonyl (C=O) groups is 2. The van der Waals surface area contributed by atoms with Gasteiger partial charge < -0.3 is 35.1 Å². The van der Waals surface area contributed by atoms with E-state index in [0.717, 1.165) is 11.8 Å². The SMILES string of the molecule is O=C(O)CCC(SC(=S)[S-])C(=O)O.[K+].[K+]. The summed E-state index contributed by atoms with van der Waals surface area (Å²) in [6.07, 6.45) is -0.159. The van der Waals surface area contributed by atoms with Crippen LogP contribution in [0.15, 0.2) is 0 Å². The molecule has 0 amide bonds. The maximum atomic E-state index is 10.5. The molecule has 74 valence electrons. The molecule has 0 bridgehead atoms. The zero-order chi connectivity index (χ0) is 10.4. The fourth-order valence-electron chi connectivity index (χ4n) is 0.604. The Labute approximate surface area is 188 Å². The van der Waals surface area contributed by atoms with Crippen molar-refractivity contribution >= 4 is 52.1 Å². The number of hydrogen-bond donors (Lipinski definition) is 2. The Balaban J connectivity index is -0.000000720. The van der Waals surface area contributed by atoms with Crippen LogP contribution in [0.1, 0.15) is 12.8 Å². The third kappa shape index (κ3) is 14.8. The molecule has 15 heavy (non-hydrogen) atoms. The molecule has 0 saturated carbocycles. The van der Waals surface area contributed by atoms with Crippen molar-refractivity contribution in [2.75, 3.05) is 0 Å². The summed E-state index contributed by atoms with van der Waals surface area (Å²) in [5.41, 5.74) is 0. The normalized spacial score (nSPS) is 10.4. The van der Waals surface area contributed by atoms with Crippen molar-refractivity contribution in [2.24, 2.45) is 0 Å². The molecule has 0 aliphatic heterocycles. The largest absolute Gasteiger partial charge is 1.00 e. The maximum Gasteiger partial charge on any atom is 1.00 e. The molecule has 9 heteroatoms. The minimum Gasteiger partial charge on any atom is -0.481 e. The van der Waals surface area contributed by atoms with Crippen molar-refractivity contribution in [3.63, 3.8) is 0 Å². The van der Waals surface area contributed by atoms with Crippen LogP contribution in [0.2, 0.25) is 0 Å². The van der Waals surface area contributed by atoms with Crippen LogP contribution in [0.3, 0.4) is 0 Å². The first-order chi connectivity index (χ1) is 5.93. The maximum absolute atomic E-state index is 10.5. The van der Waals surface area contributed by atoms with Crippen LogP contribution in [0.5, 0.6) is 0 Å². The third-order valence-electron chi connectivity index (χ3n) is 1.13. The summed E-state index contributed by atoms with van der Waals surface area (Å²) < 4.78 is 0.0952. The zero-order valence-electron chi connectivity index (χ0n) is 8.43. The second-order valence-corrected chi connectivity index (χ2v) is 4.93. The van der Waals surface area contributed by atoms with Crippen LogP contribution in [-0.2, 0) is 22.2 Å². The van der Waals surface area contributed by atoms with Crippen molar-refractivity contribution in [3.8, 4) is 0 Å². The van der Waals surface area contributed by atoms with Gasteiger partial charge >= 0.3 is 115 Å². The molecule has 0 aromatic carbocycles. The summed E-state index contributed by atoms with van der Waals surface area (Å²) in [7, 11) is 0. The first-order valence-electron chi connectivity index (χ1n) is 3.25. The van der Waals surface area contributed by atoms with Gasteiger partial charge in [-0.3, -0.25) is 9.59 Å². The van der Waals surface area contributed by atoms with Crippen molar-refractivity contribution in [3.05, 3.63) is 0 Å². The predicted molar refractivity (Wildman–Crippen MR) is 55.8 cm³/mol. The van der Waals surface area contributed by atoms with Crippen molar-refractivity contribution in [1.29, 1.82) is 0 Å². The van der Waals surface area contributed by atoms with E-state index in [1.165, 1.54) is 0 Å². The minimum atomic E-state index is -1.08. The molecule has 1 atom stereocenters. The van der Waals surface area contributed by atoms with Gasteiger partial charge in [0.1, 0.15) is 5.25 Å². The van der Waals surface area contributed by atoms with E-state index < -0.39 is 17.2 Å². The molecule has 0 aliphatic carbocycles. The van der Waals surface area contributed by atoms with Gasteiger partial charge in [-0.05, 0) is 6.42 Å². The number of carboxylic acid groups (broad SMARTS) is 2. The van der Waals surface area contributed by atoms with E-state index in [1.807, 2.05) is 0 Å². The minimum absolute atomic E-state index is 0. The van der Waals surface area contributed by atoms with Gasteiger partial charge in [-0.2, -0.15) is 0 Å². The Kier molecular flexibility index (Phi) is 20.4. The Morgan fingerprint density at radius 2 is 1.80 bits per heavy atom. The Hall–Kier alpha value is 2.87. The summed E-state index contributed by atoms with van der Waals surface area (Å²) >= 11 is 9.91. The molecule has 0 aromatic rings. The molecular formula is C6H7K2O4S3+. The third-order valence-corrected chi connectivity index (χ3v) is 2.63. The van der Waals surface area contributed by atoms with Gasteiger partial charge in [0, 0.05) is 6.42 Å². The molecule has 0 fully saturated rings. The Morgan fingerprint density at radius 1 is 1.33 bits per heavy atom. The molecule has 1 unspecified atom stereocenters. The van der Waals surface area contributed by atoms with Crippen LogP contribution in [0.4, 0.5) is 0 Å². The van der Waals surface area contributed by atoms with Gasteiger partial charge in [0.15, 0.2) is 0 Å². The van der Waals surface area contributed by atoms with Gasteiger partial charge in [-0.15, -0.1) is 11.8 Å². The topological polar surface area (TPSA) is 74.6 Å². The van der Waals surface area contributed by atoms with Crippen LogP contribution in [-0.4, -0.2) is 30.9 Å². The standard InChI is InChI=1S/C6H8O4S3.2K/c7-4(8)2-1-3(5(9)10)13-6(11)12;;/h3H,1-2H2,(H,7,8)(H,9,10)(H,11,12);;/q;2*+1/p-1. The first kappa shape index (κ1) is 23.0. The summed E-state index contributed by atoms with van der Waals surface area (Å²) in [6.45, 7) is 0. The monoisotopic (exact) mass is 317 g/mol.